The average Bonchev–Trinajstić information content (AvgIpc) is 0.837. The van der Waals surface area contributed by atoms with Crippen LogP contribution in [-0.4, -0.2) is 358 Å². The third kappa shape index (κ3) is 41.3. The Morgan fingerprint density at radius 3 is 0.452 bits per heavy atom. The second-order valence-corrected chi connectivity index (χ2v) is 85.1. The van der Waals surface area contributed by atoms with Gasteiger partial charge in [0.25, 0.3) is 0 Å². The largest absolute Gasteiger partial charge is 0.500 e. The van der Waals surface area contributed by atoms with E-state index in [0.717, 1.165) is 200 Å². The van der Waals surface area contributed by atoms with Crippen LogP contribution in [0.25, 0.3) is 0 Å². The van der Waals surface area contributed by atoms with Gasteiger partial charge in [0.1, 0.15) is 0 Å². The first-order chi connectivity index (χ1) is 59.1. The van der Waals surface area contributed by atoms with Crippen LogP contribution in [0, 0.1) is 5.92 Å². The number of rotatable bonds is 88. The summed E-state index contributed by atoms with van der Waals surface area (Å²) in [6.45, 7) is 5.10. The second kappa shape index (κ2) is 65.9. The van der Waals surface area contributed by atoms with Crippen molar-refractivity contribution >= 4 is 126 Å². The molecule has 0 saturated carbocycles. The van der Waals surface area contributed by atoms with Crippen molar-refractivity contribution in [3.8, 4) is 0 Å². The molecule has 0 radical (unpaired) electrons. The molecule has 0 aliphatic rings. The van der Waals surface area contributed by atoms with Crippen molar-refractivity contribution in [1.82, 2.24) is 4.90 Å². The lowest BCUT2D eigenvalue weighted by atomic mass is 9.95. The quantitative estimate of drug-likeness (QED) is 0.0511. The minimum Gasteiger partial charge on any atom is -0.377 e. The Kier molecular flexibility index (Phi) is 66.6. The fourth-order valence-electron chi connectivity index (χ4n) is 19.2. The molecule has 0 aromatic heterocycles. The third-order valence-corrected chi connectivity index (χ3v) is 76.9. The van der Waals surface area contributed by atoms with E-state index in [-0.39, 0.29) is 17.9 Å². The fraction of sp³-hybridized carbons (Fsp3) is 0.987. The monoisotopic (exact) mass is 2020 g/mol. The Bertz CT molecular complexity index is 2210. The minimum atomic E-state index is -3.00. The van der Waals surface area contributed by atoms with E-state index in [0.29, 0.717) is 60.4 Å². The summed E-state index contributed by atoms with van der Waals surface area (Å²) in [5, 5.41) is 0. The van der Waals surface area contributed by atoms with E-state index in [1.807, 2.05) is 0 Å². The molecule has 0 unspecified atom stereocenters. The number of carbonyl (C=O) groups excluding carboxylic acids is 1. The van der Waals surface area contributed by atoms with Gasteiger partial charge in [-0.05, 0) is 25.7 Å². The molecule has 0 bridgehead atoms. The van der Waals surface area contributed by atoms with Gasteiger partial charge in [0.05, 0.1) is 32.3 Å². The zero-order chi connectivity index (χ0) is 94.2. The summed E-state index contributed by atoms with van der Waals surface area (Å²) in [4.78, 5) is 19.2. The maximum absolute atomic E-state index is 17.0. The van der Waals surface area contributed by atoms with Crippen molar-refractivity contribution in [2.45, 2.75) is 280 Å². The highest BCUT2D eigenvalue weighted by Gasteiger charge is 2.49. The highest BCUT2D eigenvalue weighted by atomic mass is 28.4. The zero-order valence-corrected chi connectivity index (χ0v) is 98.5. The number of nitrogens with zero attached hydrogens (tertiary/aromatic N) is 1. The van der Waals surface area contributed by atoms with Crippen molar-refractivity contribution in [2.75, 3.05) is 220 Å². The second-order valence-electron chi connectivity index (χ2n) is 34.0. The third-order valence-electron chi connectivity index (χ3n) is 27.9. The van der Waals surface area contributed by atoms with Crippen LogP contribution in [-0.2, 0) is 138 Å². The smallest absolute Gasteiger partial charge is 0.377 e. The lowest BCUT2D eigenvalue weighted by Crippen LogP contribution is -2.45. The van der Waals surface area contributed by atoms with Gasteiger partial charge in [-0.15, -0.1) is 0 Å². The predicted octanol–water partition coefficient (Wildman–Crippen LogP) is 16.3. The first kappa shape index (κ1) is 125. The van der Waals surface area contributed by atoms with Crippen molar-refractivity contribution in [3.05, 3.63) is 0 Å². The molecule has 124 heavy (non-hydrogen) atoms. The van der Waals surface area contributed by atoms with Crippen LogP contribution in [0.4, 0.5) is 0 Å². The van der Waals surface area contributed by atoms with Crippen molar-refractivity contribution in [1.29, 1.82) is 0 Å². The molecule has 0 fully saturated rings. The van der Waals surface area contributed by atoms with Crippen LogP contribution in [0.15, 0.2) is 0 Å². The van der Waals surface area contributed by atoms with Crippen LogP contribution in [0.3, 0.4) is 0 Å². The van der Waals surface area contributed by atoms with E-state index in [4.69, 9.17) is 133 Å². The molecule has 0 atom stereocenters. The Balaban J connectivity index is 9.56. The molecule has 744 valence electrons. The molecule has 32 nitrogen and oxygen atoms in total. The number of hydrogen-bond acceptors (Lipinski definition) is 31. The summed E-state index contributed by atoms with van der Waals surface area (Å²) in [7, 11) is 14.4. The predicted molar refractivity (Wildman–Crippen MR) is 521 cm³/mol. The van der Waals surface area contributed by atoms with Gasteiger partial charge in [-0.3, -0.25) is 4.79 Å². The Morgan fingerprint density at radius 2 is 0.306 bits per heavy atom. The Morgan fingerprint density at radius 1 is 0.185 bits per heavy atom. The zero-order valence-electron chi connectivity index (χ0n) is 84.5. The molecule has 0 aliphatic heterocycles. The molecule has 0 aromatic rings. The maximum Gasteiger partial charge on any atom is 0.500 e. The summed E-state index contributed by atoms with van der Waals surface area (Å²) in [6.07, 6.45) is 15.3. The normalized spacial score (nSPS) is 13.9. The lowest BCUT2D eigenvalue weighted by molar-refractivity contribution is -0.137. The van der Waals surface area contributed by atoms with Gasteiger partial charge in [-0.25, -0.2) is 0 Å². The molecule has 0 heterocycles. The highest BCUT2D eigenvalue weighted by molar-refractivity contribution is 6.81. The fourth-order valence-corrected chi connectivity index (χ4v) is 58.1. The van der Waals surface area contributed by atoms with E-state index in [2.05, 4.69) is 25.0 Å². The summed E-state index contributed by atoms with van der Waals surface area (Å²) in [6, 6.07) is 20.8. The van der Waals surface area contributed by atoms with E-state index >= 15 is 4.79 Å². The van der Waals surface area contributed by atoms with Crippen LogP contribution >= 0.6 is 0 Å². The van der Waals surface area contributed by atoms with Gasteiger partial charge in [-0.1, -0.05) is 188 Å². The summed E-state index contributed by atoms with van der Waals surface area (Å²) in [5.74, 6) is -0.0539. The molecule has 0 rings (SSSR count). The standard InChI is InChI=1S/C78H185NO31Si14/c1-79(78(80)76(48-34-52-111(32,54-38-66-115(81-2,82-3)83-4)55-39-67-116(84-5,85-6)86-7)49-35-53-112(33,56-40-68-117(87-8,88-9)89-10)57-41-69-118(90-11,91-12)92-13)77(50-36-58-113(60-42-70-119(93-14,94-15)95-16,61-43-71-120(96-17,97-18)98-19)62-44-72-121(99-20,100-21)101-22)51-37-59-114(63-45-73-122(102-23,103-24)104-25,64-46-74-123(105-26,106-27)107-28)65-47-75-124(108-29,109-30)110-31/h76-77H,34-75H2,1-33H3. The highest BCUT2D eigenvalue weighted by Crippen LogP contribution is 2.43. The Hall–Kier alpha value is 1.31. The van der Waals surface area contributed by atoms with E-state index in [1.54, 1.807) is 213 Å². The average molecular weight is 2030 g/mol. The molecular formula is C78H185NO31Si14. The van der Waals surface area contributed by atoms with Crippen LogP contribution < -0.4 is 0 Å². The van der Waals surface area contributed by atoms with Crippen molar-refractivity contribution in [3.63, 3.8) is 0 Å². The van der Waals surface area contributed by atoms with Crippen molar-refractivity contribution < 1.29 is 138 Å². The number of hydrogen-bond donors (Lipinski definition) is 0. The SMILES string of the molecule is CO[Si](CCC[Si](C)(CCCC(CCC[Si](C)(CCC[Si](OC)(OC)OC)CCC[Si](OC)(OC)OC)C(=O)N(C)C(CCC[Si](CCC[Si](OC)(OC)OC)(CCC[Si](OC)(OC)OC)CCC[Si](OC)(OC)OC)CCC[Si](CCC[Si](OC)(OC)OC)(CCC[Si](OC)(OC)OC)CCC[Si](OC)(OC)OC)CCC[Si](OC)(OC)OC)(OC)OC. The summed E-state index contributed by atoms with van der Waals surface area (Å²) < 4.78 is 182. The van der Waals surface area contributed by atoms with Crippen LogP contribution in [0.2, 0.25) is 158 Å². The van der Waals surface area contributed by atoms with Gasteiger partial charge in [0.2, 0.25) is 5.91 Å². The maximum atomic E-state index is 17.0. The summed E-state index contributed by atoms with van der Waals surface area (Å²) >= 11 is 0. The molecule has 0 N–H and O–H groups in total. The van der Waals surface area contributed by atoms with Gasteiger partial charge in [0, 0.05) is 293 Å². The van der Waals surface area contributed by atoms with Crippen molar-refractivity contribution in [2.24, 2.45) is 5.92 Å². The molecule has 0 aromatic carbocycles. The Labute approximate surface area is 769 Å². The number of carbonyl (C=O) groups is 1. The minimum absolute atomic E-state index is 0.118. The number of amides is 1. The molecular weight excluding hydrogens is 1840 g/mol. The van der Waals surface area contributed by atoms with E-state index in [9.17, 15) is 0 Å². The van der Waals surface area contributed by atoms with Gasteiger partial charge in [0.15, 0.2) is 0 Å². The van der Waals surface area contributed by atoms with Gasteiger partial charge in [-0.2, -0.15) is 0 Å². The topological polar surface area (TPSA) is 297 Å². The van der Waals surface area contributed by atoms with Gasteiger partial charge < -0.3 is 138 Å². The molecule has 46 heteroatoms. The van der Waals surface area contributed by atoms with E-state index < -0.39 is 120 Å². The van der Waals surface area contributed by atoms with Gasteiger partial charge >= 0.3 is 88.0 Å². The van der Waals surface area contributed by atoms with E-state index in [1.165, 1.54) is 0 Å². The molecule has 0 saturated heterocycles. The molecule has 0 spiro atoms. The van der Waals surface area contributed by atoms with Crippen LogP contribution in [0.5, 0.6) is 0 Å². The van der Waals surface area contributed by atoms with Crippen LogP contribution in [0.1, 0.15) is 116 Å². The lowest BCUT2D eigenvalue weighted by Gasteiger charge is -2.38. The molecule has 0 aliphatic carbocycles. The molecule has 1 amide bonds. The first-order valence-electron chi connectivity index (χ1n) is 44.9. The first-order valence-corrected chi connectivity index (χ1v) is 76.1. The summed E-state index contributed by atoms with van der Waals surface area (Å²) in [5.41, 5.74) is 0.